The van der Waals surface area contributed by atoms with Crippen molar-refractivity contribution in [3.8, 4) is 22.8 Å². The molecule has 10 heteroatoms. The highest BCUT2D eigenvalue weighted by atomic mass is 16.6. The van der Waals surface area contributed by atoms with Gasteiger partial charge in [-0.1, -0.05) is 0 Å². The van der Waals surface area contributed by atoms with E-state index in [4.69, 9.17) is 19.2 Å². The van der Waals surface area contributed by atoms with Gasteiger partial charge in [0.1, 0.15) is 13.2 Å². The standard InChI is InChI=1S/C21H23N5O5/c1-4-29-21(28)25-24-20(27)14-10-16(23-19-15(14)11-22-26(19)12(2)3)13-5-6-17-18(9-13)31-8-7-30-17/h5-6,9-12H,4,7-8H2,1-3H3,(H,24,27)(H,25,28). The lowest BCUT2D eigenvalue weighted by molar-refractivity contribution is 0.0914. The van der Waals surface area contributed by atoms with Crippen LogP contribution in [0.15, 0.2) is 30.5 Å². The summed E-state index contributed by atoms with van der Waals surface area (Å²) in [6.45, 7) is 6.79. The Hall–Kier alpha value is -3.82. The Kier molecular flexibility index (Phi) is 5.61. The third kappa shape index (κ3) is 4.09. The Morgan fingerprint density at radius 1 is 1.16 bits per heavy atom. The number of aromatic nitrogens is 3. The van der Waals surface area contributed by atoms with Crippen molar-refractivity contribution in [2.24, 2.45) is 0 Å². The number of hydrogen-bond donors (Lipinski definition) is 2. The zero-order valence-corrected chi connectivity index (χ0v) is 17.5. The number of pyridine rings is 1. The molecule has 1 aliphatic heterocycles. The zero-order chi connectivity index (χ0) is 22.0. The van der Waals surface area contributed by atoms with Crippen LogP contribution in [0.4, 0.5) is 4.79 Å². The summed E-state index contributed by atoms with van der Waals surface area (Å²) in [5.74, 6) is 0.778. The van der Waals surface area contributed by atoms with E-state index in [-0.39, 0.29) is 12.6 Å². The van der Waals surface area contributed by atoms with E-state index in [9.17, 15) is 9.59 Å². The average molecular weight is 425 g/mol. The van der Waals surface area contributed by atoms with Crippen LogP contribution in [0.2, 0.25) is 0 Å². The number of hydrogen-bond acceptors (Lipinski definition) is 7. The number of benzene rings is 1. The Labute approximate surface area is 178 Å². The minimum Gasteiger partial charge on any atom is -0.486 e. The van der Waals surface area contributed by atoms with Gasteiger partial charge in [0, 0.05) is 11.6 Å². The Morgan fingerprint density at radius 2 is 1.94 bits per heavy atom. The molecule has 2 amide bonds. The third-order valence-corrected chi connectivity index (χ3v) is 4.69. The van der Waals surface area contributed by atoms with Gasteiger partial charge in [-0.3, -0.25) is 10.2 Å². The first-order valence-corrected chi connectivity index (χ1v) is 9.99. The maximum atomic E-state index is 12.9. The highest BCUT2D eigenvalue weighted by Gasteiger charge is 2.20. The van der Waals surface area contributed by atoms with Gasteiger partial charge in [-0.2, -0.15) is 5.10 Å². The quantitative estimate of drug-likeness (QED) is 0.617. The topological polar surface area (TPSA) is 117 Å². The molecular weight excluding hydrogens is 402 g/mol. The Bertz CT molecular complexity index is 1140. The van der Waals surface area contributed by atoms with Gasteiger partial charge in [-0.25, -0.2) is 19.9 Å². The van der Waals surface area contributed by atoms with E-state index in [1.54, 1.807) is 23.9 Å². The molecule has 2 N–H and O–H groups in total. The van der Waals surface area contributed by atoms with E-state index in [1.807, 2.05) is 32.0 Å². The summed E-state index contributed by atoms with van der Waals surface area (Å²) in [6.07, 6.45) is 0.848. The molecule has 4 rings (SSSR count). The van der Waals surface area contributed by atoms with Gasteiger partial charge in [-0.05, 0) is 45.0 Å². The first-order valence-electron chi connectivity index (χ1n) is 9.99. The molecule has 10 nitrogen and oxygen atoms in total. The van der Waals surface area contributed by atoms with Crippen molar-refractivity contribution in [1.29, 1.82) is 0 Å². The van der Waals surface area contributed by atoms with Gasteiger partial charge < -0.3 is 14.2 Å². The van der Waals surface area contributed by atoms with Crippen molar-refractivity contribution < 1.29 is 23.8 Å². The van der Waals surface area contributed by atoms with Crippen molar-refractivity contribution in [3.05, 3.63) is 36.0 Å². The van der Waals surface area contributed by atoms with Crippen LogP contribution < -0.4 is 20.3 Å². The number of amides is 2. The largest absolute Gasteiger partial charge is 0.486 e. The molecule has 1 aliphatic rings. The maximum Gasteiger partial charge on any atom is 0.426 e. The summed E-state index contributed by atoms with van der Waals surface area (Å²) >= 11 is 0. The number of carbonyl (C=O) groups is 2. The monoisotopic (exact) mass is 425 g/mol. The summed E-state index contributed by atoms with van der Waals surface area (Å²) in [4.78, 5) is 29.2. The minimum atomic E-state index is -0.744. The predicted molar refractivity (Wildman–Crippen MR) is 112 cm³/mol. The van der Waals surface area contributed by atoms with Crippen molar-refractivity contribution in [2.45, 2.75) is 26.8 Å². The van der Waals surface area contributed by atoms with E-state index in [2.05, 4.69) is 16.0 Å². The fraction of sp³-hybridized carbons (Fsp3) is 0.333. The number of carbonyl (C=O) groups excluding carboxylic acids is 2. The Morgan fingerprint density at radius 3 is 2.68 bits per heavy atom. The SMILES string of the molecule is CCOC(=O)NNC(=O)c1cc(-c2ccc3c(c2)OCCO3)nc2c1cnn2C(C)C. The third-order valence-electron chi connectivity index (χ3n) is 4.69. The lowest BCUT2D eigenvalue weighted by atomic mass is 10.1. The molecule has 0 unspecified atom stereocenters. The summed E-state index contributed by atoms with van der Waals surface area (Å²) in [6, 6.07) is 7.20. The summed E-state index contributed by atoms with van der Waals surface area (Å²) in [7, 11) is 0. The van der Waals surface area contributed by atoms with Crippen molar-refractivity contribution >= 4 is 23.0 Å². The fourth-order valence-electron chi connectivity index (χ4n) is 3.28. The second kappa shape index (κ2) is 8.50. The molecular formula is C21H23N5O5. The van der Waals surface area contributed by atoms with Crippen molar-refractivity contribution in [2.75, 3.05) is 19.8 Å². The Balaban J connectivity index is 1.76. The van der Waals surface area contributed by atoms with Crippen molar-refractivity contribution in [3.63, 3.8) is 0 Å². The molecule has 0 radical (unpaired) electrons. The van der Waals surface area contributed by atoms with E-state index < -0.39 is 12.0 Å². The van der Waals surface area contributed by atoms with Crippen molar-refractivity contribution in [1.82, 2.24) is 25.6 Å². The van der Waals surface area contributed by atoms with E-state index >= 15 is 0 Å². The molecule has 0 bridgehead atoms. The first kappa shape index (κ1) is 20.5. The lowest BCUT2D eigenvalue weighted by Crippen LogP contribution is -2.42. The van der Waals surface area contributed by atoms with E-state index in [1.165, 1.54) is 0 Å². The van der Waals surface area contributed by atoms with Gasteiger partial charge in [0.2, 0.25) is 0 Å². The van der Waals surface area contributed by atoms with Crippen LogP contribution in [-0.2, 0) is 4.74 Å². The van der Waals surface area contributed by atoms with Gasteiger partial charge in [0.15, 0.2) is 17.1 Å². The normalized spacial score (nSPS) is 12.6. The van der Waals surface area contributed by atoms with Crippen LogP contribution in [0, 0.1) is 0 Å². The highest BCUT2D eigenvalue weighted by Crippen LogP contribution is 2.35. The molecule has 0 fully saturated rings. The molecule has 3 aromatic rings. The fourth-order valence-corrected chi connectivity index (χ4v) is 3.28. The number of rotatable bonds is 4. The summed E-state index contributed by atoms with van der Waals surface area (Å²) < 4.78 is 17.8. The van der Waals surface area contributed by atoms with E-state index in [0.717, 1.165) is 5.56 Å². The molecule has 162 valence electrons. The maximum absolute atomic E-state index is 12.9. The molecule has 0 atom stereocenters. The molecule has 0 saturated heterocycles. The molecule has 2 aromatic heterocycles. The predicted octanol–water partition coefficient (Wildman–Crippen LogP) is 2.84. The lowest BCUT2D eigenvalue weighted by Gasteiger charge is -2.19. The summed E-state index contributed by atoms with van der Waals surface area (Å²) in [5.41, 5.74) is 6.80. The second-order valence-electron chi connectivity index (χ2n) is 7.13. The van der Waals surface area contributed by atoms with Gasteiger partial charge in [0.05, 0.1) is 29.4 Å². The van der Waals surface area contributed by atoms with Crippen LogP contribution >= 0.6 is 0 Å². The highest BCUT2D eigenvalue weighted by molar-refractivity contribution is 6.06. The number of ether oxygens (including phenoxy) is 3. The molecule has 3 heterocycles. The van der Waals surface area contributed by atoms with E-state index in [0.29, 0.717) is 47.0 Å². The molecule has 1 aromatic carbocycles. The smallest absolute Gasteiger partial charge is 0.426 e. The molecule has 0 saturated carbocycles. The van der Waals surface area contributed by atoms with Crippen LogP contribution in [0.25, 0.3) is 22.3 Å². The number of nitrogens with zero attached hydrogens (tertiary/aromatic N) is 3. The van der Waals surface area contributed by atoms with Crippen LogP contribution in [0.5, 0.6) is 11.5 Å². The molecule has 31 heavy (non-hydrogen) atoms. The zero-order valence-electron chi connectivity index (χ0n) is 17.5. The number of hydrazine groups is 1. The second-order valence-corrected chi connectivity index (χ2v) is 7.13. The summed E-state index contributed by atoms with van der Waals surface area (Å²) in [5, 5.41) is 4.95. The number of nitrogens with one attached hydrogen (secondary N) is 2. The first-order chi connectivity index (χ1) is 15.0. The van der Waals surface area contributed by atoms with Gasteiger partial charge in [-0.15, -0.1) is 0 Å². The average Bonchev–Trinajstić information content (AvgIpc) is 3.21. The number of fused-ring (bicyclic) bond motifs is 2. The molecule has 0 aliphatic carbocycles. The molecule has 0 spiro atoms. The van der Waals surface area contributed by atoms with Gasteiger partial charge in [0.25, 0.3) is 5.91 Å². The van der Waals surface area contributed by atoms with Crippen LogP contribution in [-0.4, -0.2) is 46.6 Å². The van der Waals surface area contributed by atoms with Gasteiger partial charge >= 0.3 is 6.09 Å². The van der Waals surface area contributed by atoms with Crippen LogP contribution in [0.1, 0.15) is 37.2 Å². The van der Waals surface area contributed by atoms with Crippen LogP contribution in [0.3, 0.4) is 0 Å². The minimum absolute atomic E-state index is 0.0362.